The maximum Gasteiger partial charge on any atom is 0.257 e. The zero-order valence-electron chi connectivity index (χ0n) is 9.22. The van der Waals surface area contributed by atoms with Gasteiger partial charge >= 0.3 is 0 Å². The highest BCUT2D eigenvalue weighted by Crippen LogP contribution is 2.22. The number of rotatable bonds is 3. The molecule has 0 aliphatic heterocycles. The standard InChI is InChI=1S/C11H9F2N5/c12-9(13)5-14-10-7-3-1-2-4-8(7)18-6-15-17-11(18)16-10/h1-4,6,9H,5H2,(H,14,16,17). The van der Waals surface area contributed by atoms with Crippen LogP contribution in [0.4, 0.5) is 14.6 Å². The Balaban J connectivity index is 2.20. The minimum Gasteiger partial charge on any atom is -0.364 e. The van der Waals surface area contributed by atoms with Gasteiger partial charge in [0.1, 0.15) is 12.1 Å². The molecule has 3 aromatic rings. The highest BCUT2D eigenvalue weighted by Gasteiger charge is 2.10. The van der Waals surface area contributed by atoms with E-state index in [2.05, 4.69) is 20.5 Å². The quantitative estimate of drug-likeness (QED) is 0.770. The number of nitrogens with zero attached hydrogens (tertiary/aromatic N) is 4. The second-order valence-corrected chi connectivity index (χ2v) is 3.75. The van der Waals surface area contributed by atoms with Crippen LogP contribution in [0.25, 0.3) is 16.7 Å². The molecular weight excluding hydrogens is 240 g/mol. The molecule has 7 heteroatoms. The van der Waals surface area contributed by atoms with Gasteiger partial charge in [0, 0.05) is 5.39 Å². The third-order valence-electron chi connectivity index (χ3n) is 2.58. The molecule has 0 saturated heterocycles. The smallest absolute Gasteiger partial charge is 0.257 e. The van der Waals surface area contributed by atoms with Gasteiger partial charge in [-0.05, 0) is 12.1 Å². The number of nitrogens with one attached hydrogen (secondary N) is 1. The molecule has 0 radical (unpaired) electrons. The molecule has 2 aromatic heterocycles. The molecule has 2 heterocycles. The Morgan fingerprint density at radius 1 is 1.28 bits per heavy atom. The number of fused-ring (bicyclic) bond motifs is 3. The number of alkyl halides is 2. The summed E-state index contributed by atoms with van der Waals surface area (Å²) in [6.45, 7) is -0.443. The summed E-state index contributed by atoms with van der Waals surface area (Å²) in [5, 5.41) is 11.0. The first-order chi connectivity index (χ1) is 8.75. The summed E-state index contributed by atoms with van der Waals surface area (Å²) in [7, 11) is 0. The molecule has 0 spiro atoms. The average molecular weight is 249 g/mol. The molecule has 0 unspecified atom stereocenters. The van der Waals surface area contributed by atoms with Crippen molar-refractivity contribution < 1.29 is 8.78 Å². The topological polar surface area (TPSA) is 55.1 Å². The van der Waals surface area contributed by atoms with E-state index < -0.39 is 13.0 Å². The van der Waals surface area contributed by atoms with Crippen LogP contribution in [0.2, 0.25) is 0 Å². The minimum absolute atomic E-state index is 0.380. The molecule has 0 atom stereocenters. The molecule has 0 aliphatic carbocycles. The van der Waals surface area contributed by atoms with Crippen LogP contribution < -0.4 is 5.32 Å². The highest BCUT2D eigenvalue weighted by molar-refractivity contribution is 5.90. The van der Waals surface area contributed by atoms with Gasteiger partial charge in [0.05, 0.1) is 12.1 Å². The minimum atomic E-state index is -2.43. The Kier molecular flexibility index (Phi) is 2.51. The summed E-state index contributed by atoms with van der Waals surface area (Å²) in [6, 6.07) is 7.36. The van der Waals surface area contributed by atoms with Gasteiger partial charge in [0.15, 0.2) is 0 Å². The molecule has 0 amide bonds. The van der Waals surface area contributed by atoms with E-state index in [1.807, 2.05) is 24.3 Å². The van der Waals surface area contributed by atoms with Gasteiger partial charge in [0.2, 0.25) is 0 Å². The maximum absolute atomic E-state index is 12.3. The van der Waals surface area contributed by atoms with Crippen molar-refractivity contribution in [3.63, 3.8) is 0 Å². The molecule has 0 saturated carbocycles. The molecule has 0 aliphatic rings. The van der Waals surface area contributed by atoms with Crippen molar-refractivity contribution in [1.29, 1.82) is 0 Å². The summed E-state index contributed by atoms with van der Waals surface area (Å²) < 4.78 is 26.2. The number of halogens is 2. The molecule has 0 bridgehead atoms. The fourth-order valence-corrected chi connectivity index (χ4v) is 1.83. The lowest BCUT2D eigenvalue weighted by molar-refractivity contribution is 0.163. The van der Waals surface area contributed by atoms with Crippen molar-refractivity contribution in [2.75, 3.05) is 11.9 Å². The van der Waals surface area contributed by atoms with Crippen LogP contribution >= 0.6 is 0 Å². The Labute approximate surface area is 100 Å². The second-order valence-electron chi connectivity index (χ2n) is 3.75. The number of para-hydroxylation sites is 1. The number of hydrogen-bond acceptors (Lipinski definition) is 4. The SMILES string of the molecule is FC(F)CNc1nc2nncn2c2ccccc12. The number of hydrogen-bond donors (Lipinski definition) is 1. The summed E-state index contributed by atoms with van der Waals surface area (Å²) in [6.07, 6.45) is -0.888. The summed E-state index contributed by atoms with van der Waals surface area (Å²) in [5.41, 5.74) is 0.823. The summed E-state index contributed by atoms with van der Waals surface area (Å²) >= 11 is 0. The molecule has 92 valence electrons. The summed E-state index contributed by atoms with van der Waals surface area (Å²) in [4.78, 5) is 4.18. The van der Waals surface area contributed by atoms with Crippen LogP contribution in [0, 0.1) is 0 Å². The lowest BCUT2D eigenvalue weighted by Crippen LogP contribution is -2.12. The second kappa shape index (κ2) is 4.17. The van der Waals surface area contributed by atoms with Crippen LogP contribution in [-0.4, -0.2) is 32.6 Å². The highest BCUT2D eigenvalue weighted by atomic mass is 19.3. The van der Waals surface area contributed by atoms with Gasteiger partial charge in [-0.25, -0.2) is 8.78 Å². The van der Waals surface area contributed by atoms with Crippen LogP contribution in [-0.2, 0) is 0 Å². The lowest BCUT2D eigenvalue weighted by Gasteiger charge is -2.09. The predicted octanol–water partition coefficient (Wildman–Crippen LogP) is 1.95. The van der Waals surface area contributed by atoms with Crippen LogP contribution in [0.5, 0.6) is 0 Å². The van der Waals surface area contributed by atoms with Crippen molar-refractivity contribution in [3.8, 4) is 0 Å². The van der Waals surface area contributed by atoms with Crippen molar-refractivity contribution in [2.45, 2.75) is 6.43 Å². The zero-order valence-corrected chi connectivity index (χ0v) is 9.22. The molecule has 1 N–H and O–H groups in total. The van der Waals surface area contributed by atoms with E-state index >= 15 is 0 Å². The molecule has 0 fully saturated rings. The third kappa shape index (κ3) is 1.73. The van der Waals surface area contributed by atoms with Crippen LogP contribution in [0.3, 0.4) is 0 Å². The first kappa shape index (κ1) is 10.8. The van der Waals surface area contributed by atoms with E-state index in [9.17, 15) is 8.78 Å². The van der Waals surface area contributed by atoms with Crippen molar-refractivity contribution >= 4 is 22.5 Å². The van der Waals surface area contributed by atoms with Crippen molar-refractivity contribution in [3.05, 3.63) is 30.6 Å². The third-order valence-corrected chi connectivity index (χ3v) is 2.58. The Morgan fingerprint density at radius 2 is 2.11 bits per heavy atom. The molecule has 1 aromatic carbocycles. The van der Waals surface area contributed by atoms with Crippen molar-refractivity contribution in [2.24, 2.45) is 0 Å². The van der Waals surface area contributed by atoms with E-state index in [-0.39, 0.29) is 0 Å². The normalized spacial score (nSPS) is 11.5. The van der Waals surface area contributed by atoms with E-state index in [0.29, 0.717) is 11.6 Å². The maximum atomic E-state index is 12.3. The van der Waals surface area contributed by atoms with Crippen molar-refractivity contribution in [1.82, 2.24) is 19.6 Å². The molecule has 5 nitrogen and oxygen atoms in total. The first-order valence-electron chi connectivity index (χ1n) is 5.36. The zero-order chi connectivity index (χ0) is 12.5. The van der Waals surface area contributed by atoms with Gasteiger partial charge < -0.3 is 5.32 Å². The lowest BCUT2D eigenvalue weighted by atomic mass is 10.2. The predicted molar refractivity (Wildman–Crippen MR) is 62.8 cm³/mol. The largest absolute Gasteiger partial charge is 0.364 e. The van der Waals surface area contributed by atoms with Gasteiger partial charge in [-0.2, -0.15) is 4.98 Å². The Morgan fingerprint density at radius 3 is 2.94 bits per heavy atom. The Bertz CT molecular complexity index is 694. The fourth-order valence-electron chi connectivity index (χ4n) is 1.83. The van der Waals surface area contributed by atoms with Gasteiger partial charge in [-0.1, -0.05) is 12.1 Å². The van der Waals surface area contributed by atoms with Gasteiger partial charge in [-0.15, -0.1) is 10.2 Å². The van der Waals surface area contributed by atoms with E-state index in [0.717, 1.165) is 10.9 Å². The fraction of sp³-hybridized carbons (Fsp3) is 0.182. The number of anilines is 1. The van der Waals surface area contributed by atoms with E-state index in [1.165, 1.54) is 0 Å². The van der Waals surface area contributed by atoms with Gasteiger partial charge in [0.25, 0.3) is 12.2 Å². The van der Waals surface area contributed by atoms with E-state index in [1.54, 1.807) is 10.7 Å². The average Bonchev–Trinajstić information content (AvgIpc) is 2.84. The molecule has 3 rings (SSSR count). The Hall–Kier alpha value is -2.31. The monoisotopic (exact) mass is 249 g/mol. The number of benzene rings is 1. The van der Waals surface area contributed by atoms with Crippen LogP contribution in [0.1, 0.15) is 0 Å². The van der Waals surface area contributed by atoms with Crippen LogP contribution in [0.15, 0.2) is 30.6 Å². The molecule has 18 heavy (non-hydrogen) atoms. The van der Waals surface area contributed by atoms with E-state index in [4.69, 9.17) is 0 Å². The molecular formula is C11H9F2N5. The van der Waals surface area contributed by atoms with Gasteiger partial charge in [-0.3, -0.25) is 4.40 Å². The number of aromatic nitrogens is 4. The summed E-state index contributed by atoms with van der Waals surface area (Å²) in [5.74, 6) is 0.775. The first-order valence-corrected chi connectivity index (χ1v) is 5.36.